The average Bonchev–Trinajstić information content (AvgIpc) is 2.95. The van der Waals surface area contributed by atoms with Gasteiger partial charge in [-0.05, 0) is 23.1 Å². The number of aromatic nitrogens is 1. The summed E-state index contributed by atoms with van der Waals surface area (Å²) in [6, 6.07) is 12.5. The highest BCUT2D eigenvalue weighted by Crippen LogP contribution is 2.32. The highest BCUT2D eigenvalue weighted by molar-refractivity contribution is 7.13. The summed E-state index contributed by atoms with van der Waals surface area (Å²) in [5.41, 5.74) is 9.38. The fourth-order valence-electron chi connectivity index (χ4n) is 2.04. The number of nitrogens with two attached hydrogens (primary N) is 1. The average molecular weight is 228 g/mol. The predicted molar refractivity (Wildman–Crippen MR) is 69.5 cm³/mol. The Morgan fingerprint density at radius 3 is 2.75 bits per heavy atom. The second-order valence-electron chi connectivity index (χ2n) is 3.71. The fraction of sp³-hybridized carbons (Fsp3) is 0.0769. The molecule has 0 amide bonds. The molecule has 3 heteroatoms. The summed E-state index contributed by atoms with van der Waals surface area (Å²) in [5, 5.41) is 3.31. The maximum Gasteiger partial charge on any atom is 0.0611 e. The number of para-hydroxylation sites is 1. The second kappa shape index (κ2) is 3.77. The van der Waals surface area contributed by atoms with Crippen LogP contribution in [0.15, 0.2) is 41.8 Å². The van der Waals surface area contributed by atoms with Gasteiger partial charge in [-0.15, -0.1) is 11.3 Å². The third-order valence-corrected chi connectivity index (χ3v) is 3.67. The normalized spacial score (nSPS) is 11.1. The largest absolute Gasteiger partial charge is 0.354 e. The van der Waals surface area contributed by atoms with E-state index >= 15 is 0 Å². The van der Waals surface area contributed by atoms with Gasteiger partial charge in [-0.1, -0.05) is 24.3 Å². The molecule has 0 unspecified atom stereocenters. The minimum Gasteiger partial charge on any atom is -0.354 e. The number of nitrogens with one attached hydrogen (secondary N) is 1. The molecule has 0 bridgehead atoms. The lowest BCUT2D eigenvalue weighted by Crippen LogP contribution is -1.96. The van der Waals surface area contributed by atoms with Crippen LogP contribution < -0.4 is 5.73 Å². The van der Waals surface area contributed by atoms with E-state index in [2.05, 4.69) is 34.6 Å². The van der Waals surface area contributed by atoms with E-state index in [-0.39, 0.29) is 0 Å². The number of thiophene rings is 1. The van der Waals surface area contributed by atoms with Gasteiger partial charge in [-0.3, -0.25) is 0 Å². The van der Waals surface area contributed by atoms with Crippen LogP contribution >= 0.6 is 11.3 Å². The van der Waals surface area contributed by atoms with Crippen molar-refractivity contribution in [3.8, 4) is 10.6 Å². The van der Waals surface area contributed by atoms with Gasteiger partial charge in [0.05, 0.1) is 10.6 Å². The van der Waals surface area contributed by atoms with Gasteiger partial charge in [0, 0.05) is 17.4 Å². The molecule has 80 valence electrons. The van der Waals surface area contributed by atoms with Gasteiger partial charge < -0.3 is 10.7 Å². The van der Waals surface area contributed by atoms with Gasteiger partial charge >= 0.3 is 0 Å². The predicted octanol–water partition coefficient (Wildman–Crippen LogP) is 3.36. The summed E-state index contributed by atoms with van der Waals surface area (Å²) < 4.78 is 0. The molecule has 0 saturated heterocycles. The van der Waals surface area contributed by atoms with Crippen LogP contribution in [0.2, 0.25) is 0 Å². The first kappa shape index (κ1) is 9.63. The summed E-state index contributed by atoms with van der Waals surface area (Å²) in [7, 11) is 0. The van der Waals surface area contributed by atoms with Crippen LogP contribution in [0.3, 0.4) is 0 Å². The maximum atomic E-state index is 5.85. The van der Waals surface area contributed by atoms with Gasteiger partial charge in [-0.25, -0.2) is 0 Å². The summed E-state index contributed by atoms with van der Waals surface area (Å²) in [6.07, 6.45) is 0. The lowest BCUT2D eigenvalue weighted by atomic mass is 10.1. The Labute approximate surface area is 97.7 Å². The molecule has 2 nitrogen and oxygen atoms in total. The third-order valence-electron chi connectivity index (χ3n) is 2.79. The van der Waals surface area contributed by atoms with Crippen LogP contribution in [0.1, 0.15) is 5.56 Å². The standard InChI is InChI=1S/C13H12N2S/c14-8-10-9-4-1-2-5-11(9)15-13(10)12-6-3-7-16-12/h1-7,15H,8,14H2. The Kier molecular flexibility index (Phi) is 2.27. The SMILES string of the molecule is NCc1c(-c2cccs2)[nH]c2ccccc12. The van der Waals surface area contributed by atoms with Gasteiger partial charge in [0.1, 0.15) is 0 Å². The molecule has 0 aliphatic carbocycles. The van der Waals surface area contributed by atoms with Crippen molar-refractivity contribution in [2.24, 2.45) is 5.73 Å². The Hall–Kier alpha value is -1.58. The van der Waals surface area contributed by atoms with E-state index in [0.717, 1.165) is 5.52 Å². The Morgan fingerprint density at radius 2 is 2.00 bits per heavy atom. The zero-order valence-electron chi connectivity index (χ0n) is 8.73. The Morgan fingerprint density at radius 1 is 1.12 bits per heavy atom. The number of fused-ring (bicyclic) bond motifs is 1. The highest BCUT2D eigenvalue weighted by atomic mass is 32.1. The topological polar surface area (TPSA) is 41.8 Å². The first-order valence-corrected chi connectivity index (χ1v) is 6.11. The number of hydrogen-bond donors (Lipinski definition) is 2. The third kappa shape index (κ3) is 1.37. The molecule has 2 heterocycles. The van der Waals surface area contributed by atoms with Crippen LogP contribution in [-0.4, -0.2) is 4.98 Å². The van der Waals surface area contributed by atoms with Crippen molar-refractivity contribution in [3.63, 3.8) is 0 Å². The molecule has 0 aliphatic rings. The van der Waals surface area contributed by atoms with E-state index in [4.69, 9.17) is 5.73 Å². The molecule has 0 spiro atoms. The van der Waals surface area contributed by atoms with Crippen molar-refractivity contribution < 1.29 is 0 Å². The molecular weight excluding hydrogens is 216 g/mol. The summed E-state index contributed by atoms with van der Waals surface area (Å²) in [5.74, 6) is 0. The summed E-state index contributed by atoms with van der Waals surface area (Å²) >= 11 is 1.73. The maximum absolute atomic E-state index is 5.85. The molecule has 0 radical (unpaired) electrons. The van der Waals surface area contributed by atoms with Crippen LogP contribution in [0.5, 0.6) is 0 Å². The van der Waals surface area contributed by atoms with Crippen molar-refractivity contribution in [3.05, 3.63) is 47.3 Å². The minimum absolute atomic E-state index is 0.567. The van der Waals surface area contributed by atoms with Crippen molar-refractivity contribution in [1.29, 1.82) is 0 Å². The van der Waals surface area contributed by atoms with Gasteiger partial charge in [-0.2, -0.15) is 0 Å². The quantitative estimate of drug-likeness (QED) is 0.694. The zero-order chi connectivity index (χ0) is 11.0. The van der Waals surface area contributed by atoms with E-state index < -0.39 is 0 Å². The summed E-state index contributed by atoms with van der Waals surface area (Å²) in [6.45, 7) is 0.567. The van der Waals surface area contributed by atoms with Crippen LogP contribution in [0.4, 0.5) is 0 Å². The number of rotatable bonds is 2. The molecule has 0 aliphatic heterocycles. The molecule has 0 saturated carbocycles. The van der Waals surface area contributed by atoms with Crippen LogP contribution in [0, 0.1) is 0 Å². The molecule has 16 heavy (non-hydrogen) atoms. The number of H-pyrrole nitrogens is 1. The van der Waals surface area contributed by atoms with Crippen molar-refractivity contribution in [2.75, 3.05) is 0 Å². The van der Waals surface area contributed by atoms with E-state index in [9.17, 15) is 0 Å². The number of hydrogen-bond acceptors (Lipinski definition) is 2. The molecule has 0 fully saturated rings. The Balaban J connectivity index is 2.32. The van der Waals surface area contributed by atoms with E-state index in [1.54, 1.807) is 11.3 Å². The van der Waals surface area contributed by atoms with E-state index in [1.807, 2.05) is 12.1 Å². The molecule has 0 atom stereocenters. The number of benzene rings is 1. The molecule has 2 aromatic heterocycles. The first-order chi connectivity index (χ1) is 7.90. The Bertz CT molecular complexity index is 608. The highest BCUT2D eigenvalue weighted by Gasteiger charge is 2.11. The van der Waals surface area contributed by atoms with E-state index in [0.29, 0.717) is 6.54 Å². The van der Waals surface area contributed by atoms with Gasteiger partial charge in [0.2, 0.25) is 0 Å². The second-order valence-corrected chi connectivity index (χ2v) is 4.65. The molecule has 3 N–H and O–H groups in total. The minimum atomic E-state index is 0.567. The summed E-state index contributed by atoms with van der Waals surface area (Å²) in [4.78, 5) is 4.69. The first-order valence-electron chi connectivity index (χ1n) is 5.23. The van der Waals surface area contributed by atoms with Crippen molar-refractivity contribution in [1.82, 2.24) is 4.98 Å². The fourth-order valence-corrected chi connectivity index (χ4v) is 2.80. The number of aromatic amines is 1. The van der Waals surface area contributed by atoms with Crippen molar-refractivity contribution in [2.45, 2.75) is 6.54 Å². The van der Waals surface area contributed by atoms with Crippen molar-refractivity contribution >= 4 is 22.2 Å². The smallest absolute Gasteiger partial charge is 0.0611 e. The molecule has 3 aromatic rings. The zero-order valence-corrected chi connectivity index (χ0v) is 9.55. The molecular formula is C13H12N2S. The monoisotopic (exact) mass is 228 g/mol. The lowest BCUT2D eigenvalue weighted by molar-refractivity contribution is 1.09. The van der Waals surface area contributed by atoms with Gasteiger partial charge in [0.25, 0.3) is 0 Å². The molecule has 1 aromatic carbocycles. The van der Waals surface area contributed by atoms with Crippen LogP contribution in [-0.2, 0) is 6.54 Å². The molecule has 3 rings (SSSR count). The van der Waals surface area contributed by atoms with Gasteiger partial charge in [0.15, 0.2) is 0 Å². The lowest BCUT2D eigenvalue weighted by Gasteiger charge is -1.98. The van der Waals surface area contributed by atoms with Crippen LogP contribution in [0.25, 0.3) is 21.5 Å². The van der Waals surface area contributed by atoms with E-state index in [1.165, 1.54) is 21.5 Å².